The summed E-state index contributed by atoms with van der Waals surface area (Å²) in [6, 6.07) is 19.0. The molecule has 7 heteroatoms. The van der Waals surface area contributed by atoms with Crippen LogP contribution in [0.5, 0.6) is 0 Å². The fourth-order valence-corrected chi connectivity index (χ4v) is 6.68. The van der Waals surface area contributed by atoms with Crippen molar-refractivity contribution >= 4 is 49.3 Å². The van der Waals surface area contributed by atoms with Gasteiger partial charge in [0.15, 0.2) is 10.9 Å². The highest BCUT2D eigenvalue weighted by atomic mass is 32.1. The van der Waals surface area contributed by atoms with Crippen LogP contribution in [0.4, 0.5) is 9.52 Å². The second-order valence-electron chi connectivity index (χ2n) is 10.9. The first kappa shape index (κ1) is 26.4. The molecule has 0 bridgehead atoms. The summed E-state index contributed by atoms with van der Waals surface area (Å²) in [5, 5.41) is 4.57. The van der Waals surface area contributed by atoms with Gasteiger partial charge in [0.2, 0.25) is 5.91 Å². The van der Waals surface area contributed by atoms with Gasteiger partial charge in [-0.2, -0.15) is 0 Å². The fourth-order valence-electron chi connectivity index (χ4n) is 5.77. The number of ketones is 1. The molecule has 1 aliphatic rings. The molecule has 1 fully saturated rings. The Morgan fingerprint density at radius 3 is 2.70 bits per heavy atom. The molecule has 1 atom stereocenters. The normalized spacial score (nSPS) is 14.7. The van der Waals surface area contributed by atoms with Crippen molar-refractivity contribution in [3.8, 4) is 11.1 Å². The predicted molar refractivity (Wildman–Crippen MR) is 160 cm³/mol. The average Bonchev–Trinajstić information content (AvgIpc) is 3.72. The van der Waals surface area contributed by atoms with Gasteiger partial charge in [-0.3, -0.25) is 9.59 Å². The molecule has 0 unspecified atom stereocenters. The van der Waals surface area contributed by atoms with Gasteiger partial charge in [0, 0.05) is 35.0 Å². The topological polar surface area (TPSA) is 74.8 Å². The number of carbonyl (C=O) groups is 2. The molecule has 5 nitrogen and oxygen atoms in total. The standard InChI is InChI=1S/C33H32FN3O2S/c1-20(22-9-5-10-25(34)16-22)6-4-11-30(38)27-19-35-28-14-12-23(17-26(27)28)24-13-15-29-31(18-24)40-33(36-29)37-32(39)21-7-2-3-8-21/h5,9-10,12-21,35H,2-4,6-8,11H2,1H3,(H,36,37,39)/t20-/m1/s1. The molecule has 3 aromatic carbocycles. The molecular formula is C33H32FN3O2S. The van der Waals surface area contributed by atoms with Crippen LogP contribution in [0, 0.1) is 11.7 Å². The summed E-state index contributed by atoms with van der Waals surface area (Å²) >= 11 is 1.49. The van der Waals surface area contributed by atoms with Gasteiger partial charge in [-0.05, 0) is 84.7 Å². The third kappa shape index (κ3) is 5.56. The average molecular weight is 554 g/mol. The van der Waals surface area contributed by atoms with Gasteiger partial charge in [-0.15, -0.1) is 0 Å². The van der Waals surface area contributed by atoms with Crippen LogP contribution in [-0.2, 0) is 4.79 Å². The monoisotopic (exact) mass is 553 g/mol. The molecular weight excluding hydrogens is 521 g/mol. The van der Waals surface area contributed by atoms with Gasteiger partial charge in [0.25, 0.3) is 0 Å². The quantitative estimate of drug-likeness (QED) is 0.179. The highest BCUT2D eigenvalue weighted by Crippen LogP contribution is 2.34. The van der Waals surface area contributed by atoms with Crippen molar-refractivity contribution < 1.29 is 14.0 Å². The van der Waals surface area contributed by atoms with E-state index in [-0.39, 0.29) is 29.3 Å². The van der Waals surface area contributed by atoms with E-state index in [9.17, 15) is 14.0 Å². The molecule has 2 aromatic heterocycles. The van der Waals surface area contributed by atoms with Crippen LogP contribution in [-0.4, -0.2) is 21.7 Å². The number of hydrogen-bond acceptors (Lipinski definition) is 4. The van der Waals surface area contributed by atoms with Crippen LogP contribution in [0.1, 0.15) is 73.7 Å². The Kier molecular flexibility index (Phi) is 7.48. The molecule has 6 rings (SSSR count). The number of rotatable bonds is 9. The van der Waals surface area contributed by atoms with E-state index in [2.05, 4.69) is 40.4 Å². The first-order valence-electron chi connectivity index (χ1n) is 14.1. The van der Waals surface area contributed by atoms with Crippen molar-refractivity contribution in [3.63, 3.8) is 0 Å². The Balaban J connectivity index is 1.16. The molecule has 0 radical (unpaired) electrons. The number of amides is 1. The number of thiazole rings is 1. The Morgan fingerprint density at radius 1 is 1.07 bits per heavy atom. The lowest BCUT2D eigenvalue weighted by Crippen LogP contribution is -2.19. The molecule has 204 valence electrons. The van der Waals surface area contributed by atoms with Gasteiger partial charge < -0.3 is 10.3 Å². The molecule has 40 heavy (non-hydrogen) atoms. The van der Waals surface area contributed by atoms with E-state index in [0.29, 0.717) is 17.1 Å². The molecule has 5 aromatic rings. The van der Waals surface area contributed by atoms with E-state index in [1.54, 1.807) is 18.3 Å². The largest absolute Gasteiger partial charge is 0.360 e. The SMILES string of the molecule is C[C@H](CCCC(=O)c1c[nH]c2ccc(-c3ccc4nc(NC(=O)C5CCCC5)sc4c3)cc12)c1cccc(F)c1. The van der Waals surface area contributed by atoms with E-state index in [4.69, 9.17) is 0 Å². The lowest BCUT2D eigenvalue weighted by atomic mass is 9.93. The smallest absolute Gasteiger partial charge is 0.229 e. The van der Waals surface area contributed by atoms with Crippen LogP contribution >= 0.6 is 11.3 Å². The van der Waals surface area contributed by atoms with Crippen molar-refractivity contribution in [1.82, 2.24) is 9.97 Å². The Labute approximate surface area is 236 Å². The minimum atomic E-state index is -0.226. The summed E-state index contributed by atoms with van der Waals surface area (Å²) in [5.74, 6) is 0.252. The highest BCUT2D eigenvalue weighted by Gasteiger charge is 2.23. The lowest BCUT2D eigenvalue weighted by Gasteiger charge is -2.11. The summed E-state index contributed by atoms with van der Waals surface area (Å²) in [6.07, 6.45) is 7.97. The van der Waals surface area contributed by atoms with Crippen LogP contribution < -0.4 is 5.32 Å². The number of anilines is 1. The number of nitrogens with zero attached hydrogens (tertiary/aromatic N) is 1. The van der Waals surface area contributed by atoms with Gasteiger partial charge in [-0.1, -0.05) is 55.4 Å². The number of hydrogen-bond donors (Lipinski definition) is 2. The van der Waals surface area contributed by atoms with Crippen molar-refractivity contribution in [3.05, 3.63) is 83.8 Å². The summed E-state index contributed by atoms with van der Waals surface area (Å²) in [7, 11) is 0. The Hall–Kier alpha value is -3.84. The van der Waals surface area contributed by atoms with Crippen LogP contribution in [0.2, 0.25) is 0 Å². The fraction of sp³-hybridized carbons (Fsp3) is 0.303. The maximum absolute atomic E-state index is 13.6. The lowest BCUT2D eigenvalue weighted by molar-refractivity contribution is -0.119. The molecule has 0 spiro atoms. The van der Waals surface area contributed by atoms with Crippen molar-refractivity contribution in [2.24, 2.45) is 5.92 Å². The second kappa shape index (κ2) is 11.3. The van der Waals surface area contributed by atoms with Gasteiger partial charge in [-0.25, -0.2) is 9.37 Å². The molecule has 0 aliphatic heterocycles. The first-order valence-corrected chi connectivity index (χ1v) is 14.9. The van der Waals surface area contributed by atoms with Gasteiger partial charge in [0.05, 0.1) is 10.2 Å². The van der Waals surface area contributed by atoms with Crippen LogP contribution in [0.15, 0.2) is 66.9 Å². The number of aromatic nitrogens is 2. The minimum Gasteiger partial charge on any atom is -0.360 e. The number of halogens is 1. The zero-order chi connectivity index (χ0) is 27.6. The van der Waals surface area contributed by atoms with Crippen molar-refractivity contribution in [2.45, 2.75) is 57.8 Å². The number of benzene rings is 3. The molecule has 1 aliphatic carbocycles. The van der Waals surface area contributed by atoms with E-state index >= 15 is 0 Å². The number of carbonyl (C=O) groups excluding carboxylic acids is 2. The molecule has 2 heterocycles. The third-order valence-electron chi connectivity index (χ3n) is 8.12. The summed E-state index contributed by atoms with van der Waals surface area (Å²) in [6.45, 7) is 2.07. The Bertz CT molecular complexity index is 1700. The number of nitrogens with one attached hydrogen (secondary N) is 2. The molecule has 0 saturated heterocycles. The number of Topliss-reactive ketones (excluding diaryl/α,β-unsaturated/α-hetero) is 1. The number of aromatic amines is 1. The minimum absolute atomic E-state index is 0.0790. The second-order valence-corrected chi connectivity index (χ2v) is 11.9. The summed E-state index contributed by atoms with van der Waals surface area (Å²) in [5.41, 5.74) is 5.51. The molecule has 1 amide bonds. The van der Waals surface area contributed by atoms with Crippen LogP contribution in [0.25, 0.3) is 32.2 Å². The van der Waals surface area contributed by atoms with Gasteiger partial charge in [0.1, 0.15) is 5.82 Å². The predicted octanol–water partition coefficient (Wildman–Crippen LogP) is 8.87. The van der Waals surface area contributed by atoms with Gasteiger partial charge >= 0.3 is 0 Å². The zero-order valence-corrected chi connectivity index (χ0v) is 23.3. The summed E-state index contributed by atoms with van der Waals surface area (Å²) in [4.78, 5) is 33.6. The maximum atomic E-state index is 13.6. The first-order chi connectivity index (χ1) is 19.4. The zero-order valence-electron chi connectivity index (χ0n) is 22.5. The maximum Gasteiger partial charge on any atom is 0.229 e. The number of H-pyrrole nitrogens is 1. The number of fused-ring (bicyclic) bond motifs is 2. The van der Waals surface area contributed by atoms with E-state index in [0.717, 1.165) is 76.3 Å². The van der Waals surface area contributed by atoms with E-state index in [1.807, 2.05) is 24.3 Å². The van der Waals surface area contributed by atoms with E-state index < -0.39 is 0 Å². The summed E-state index contributed by atoms with van der Waals surface area (Å²) < 4.78 is 14.6. The van der Waals surface area contributed by atoms with Crippen molar-refractivity contribution in [2.75, 3.05) is 5.32 Å². The van der Waals surface area contributed by atoms with Crippen molar-refractivity contribution in [1.29, 1.82) is 0 Å². The van der Waals surface area contributed by atoms with Crippen LogP contribution in [0.3, 0.4) is 0 Å². The highest BCUT2D eigenvalue weighted by molar-refractivity contribution is 7.22. The Morgan fingerprint density at radius 2 is 1.88 bits per heavy atom. The van der Waals surface area contributed by atoms with E-state index in [1.165, 1.54) is 17.4 Å². The molecule has 1 saturated carbocycles. The molecule has 2 N–H and O–H groups in total. The third-order valence-corrected chi connectivity index (χ3v) is 9.05.